The van der Waals surface area contributed by atoms with Gasteiger partial charge in [-0.25, -0.2) is 0 Å². The fourth-order valence-corrected chi connectivity index (χ4v) is 31.7. The van der Waals surface area contributed by atoms with Crippen LogP contribution in [0.25, 0.3) is 144 Å². The van der Waals surface area contributed by atoms with Crippen LogP contribution in [-0.4, -0.2) is 33.8 Å². The van der Waals surface area contributed by atoms with Gasteiger partial charge in [-0.1, -0.05) is 309 Å². The molecule has 716 valence electrons. The van der Waals surface area contributed by atoms with Gasteiger partial charge in [-0.15, -0.1) is 34.0 Å². The molecule has 7 aromatic heterocycles. The Balaban J connectivity index is 0.000000103. The summed E-state index contributed by atoms with van der Waals surface area (Å²) in [6.07, 6.45) is 4.84. The molecule has 13 heteroatoms. The number of rotatable bonds is 4. The van der Waals surface area contributed by atoms with Crippen LogP contribution >= 0.6 is 34.0 Å². The molecule has 7 nitrogen and oxygen atoms in total. The van der Waals surface area contributed by atoms with E-state index in [0.717, 1.165) is 27.6 Å². The number of thiophene rings is 3. The third-order valence-electron chi connectivity index (χ3n) is 35.5. The zero-order chi connectivity index (χ0) is 100. The molecule has 0 saturated heterocycles. The van der Waals surface area contributed by atoms with Crippen molar-refractivity contribution in [1.29, 1.82) is 0 Å². The molecule has 2 aliphatic carbocycles. The molecule has 8 aliphatic rings. The smallest absolute Gasteiger partial charge is 0.252 e. The zero-order valence-electron chi connectivity index (χ0n) is 87.1. The molecule has 32 rings (SSSR count). The second-order valence-corrected chi connectivity index (χ2v) is 51.6. The van der Waals surface area contributed by atoms with Crippen molar-refractivity contribution in [3.63, 3.8) is 0 Å². The van der Waals surface area contributed by atoms with E-state index in [1.54, 1.807) is 0 Å². The number of aromatic nitrogens is 3. The molecular formula is C135H113B3N6OS3. The molecule has 0 amide bonds. The van der Waals surface area contributed by atoms with E-state index in [1.807, 2.05) is 34.0 Å². The quantitative estimate of drug-likeness (QED) is 0.165. The molecule has 0 N–H and O–H groups in total. The molecule has 24 aromatic rings. The lowest BCUT2D eigenvalue weighted by Crippen LogP contribution is -2.61. The molecule has 0 atom stereocenters. The first kappa shape index (κ1) is 88.7. The van der Waals surface area contributed by atoms with Crippen molar-refractivity contribution in [2.24, 2.45) is 0 Å². The molecule has 0 spiro atoms. The van der Waals surface area contributed by atoms with Gasteiger partial charge in [0, 0.05) is 114 Å². The summed E-state index contributed by atoms with van der Waals surface area (Å²) >= 11 is 5.80. The maximum atomic E-state index is 6.46. The van der Waals surface area contributed by atoms with Gasteiger partial charge in [-0.2, -0.15) is 0 Å². The maximum Gasteiger partial charge on any atom is 0.252 e. The van der Waals surface area contributed by atoms with Crippen LogP contribution in [0.2, 0.25) is 0 Å². The van der Waals surface area contributed by atoms with Crippen molar-refractivity contribution in [1.82, 2.24) is 13.7 Å². The van der Waals surface area contributed by atoms with Gasteiger partial charge in [0.05, 0.1) is 64.0 Å². The van der Waals surface area contributed by atoms with Gasteiger partial charge >= 0.3 is 0 Å². The highest BCUT2D eigenvalue weighted by Gasteiger charge is 2.51. The molecule has 0 bridgehead atoms. The molecule has 0 fully saturated rings. The first-order valence-electron chi connectivity index (χ1n) is 53.3. The number of nitrogens with zero attached hydrogens (tertiary/aromatic N) is 6. The fourth-order valence-electron chi connectivity index (χ4n) is 28.1. The van der Waals surface area contributed by atoms with Gasteiger partial charge in [0.1, 0.15) is 11.2 Å². The SMILES string of the molecule is Cc1cc2c3c(c1)-n1c4c(cccc4c4sc5ccccc5c41)B3c1cc3c(cc1N2c1ccc2c(c1)C(C)(C)CCC2(C)C)C(C)(C)CCC3(C)C.Cc1cc2c3c(c1)-n1c4c(cccc4c4sc5ccccc5c41)B3c1ccc(C(C)(C)C)cc1N2c1cccc2oc3ccccc3c12.Cc1cc2c3c(c1)-n1c4c(cccc4c4sc5ccccc5c41)B3c1ccccc1N2c1ccc(C(C)(C)C)cc1-c1ccccc1. The van der Waals surface area contributed by atoms with Crippen molar-refractivity contribution in [3.05, 3.63) is 378 Å². The zero-order valence-corrected chi connectivity index (χ0v) is 89.5. The molecule has 0 saturated carbocycles. The minimum atomic E-state index is -0.000213. The van der Waals surface area contributed by atoms with E-state index in [1.165, 1.54) is 292 Å². The minimum Gasteiger partial charge on any atom is -0.456 e. The Labute approximate surface area is 877 Å². The Morgan fingerprint density at radius 1 is 0.264 bits per heavy atom. The van der Waals surface area contributed by atoms with Crippen LogP contribution in [0.3, 0.4) is 0 Å². The molecule has 6 aliphatic heterocycles. The summed E-state index contributed by atoms with van der Waals surface area (Å²) in [6, 6.07) is 125. The predicted molar refractivity (Wildman–Crippen MR) is 641 cm³/mol. The van der Waals surface area contributed by atoms with E-state index in [0.29, 0.717) is 0 Å². The van der Waals surface area contributed by atoms with Crippen molar-refractivity contribution in [2.75, 3.05) is 14.7 Å². The topological polar surface area (TPSA) is 37.6 Å². The maximum absolute atomic E-state index is 6.46. The van der Waals surface area contributed by atoms with Crippen LogP contribution in [-0.2, 0) is 32.5 Å². The van der Waals surface area contributed by atoms with Gasteiger partial charge in [-0.3, -0.25) is 0 Å². The molecule has 0 unspecified atom stereocenters. The number of anilines is 9. The molecule has 17 aromatic carbocycles. The first-order chi connectivity index (χ1) is 71.4. The Morgan fingerprint density at radius 2 is 0.642 bits per heavy atom. The summed E-state index contributed by atoms with van der Waals surface area (Å²) in [4.78, 5) is 7.80. The van der Waals surface area contributed by atoms with Gasteiger partial charge in [-0.05, 0) is 299 Å². The highest BCUT2D eigenvalue weighted by atomic mass is 32.1. The predicted octanol–water partition coefficient (Wildman–Crippen LogP) is 31.6. The summed E-state index contributed by atoms with van der Waals surface area (Å²) < 4.78 is 22.5. The van der Waals surface area contributed by atoms with Crippen molar-refractivity contribution >= 4 is 270 Å². The molecule has 13 heterocycles. The van der Waals surface area contributed by atoms with Gasteiger partial charge < -0.3 is 32.8 Å². The van der Waals surface area contributed by atoms with Crippen LogP contribution in [0, 0.1) is 20.8 Å². The molecular weight excluding hydrogens is 1850 g/mol. The van der Waals surface area contributed by atoms with Crippen molar-refractivity contribution in [3.8, 4) is 28.2 Å². The summed E-state index contributed by atoms with van der Waals surface area (Å²) in [5.74, 6) is 0. The number of hydrogen-bond acceptors (Lipinski definition) is 7. The van der Waals surface area contributed by atoms with E-state index in [2.05, 4.69) is 474 Å². The van der Waals surface area contributed by atoms with E-state index in [4.69, 9.17) is 4.42 Å². The molecule has 0 radical (unpaired) electrons. The second-order valence-electron chi connectivity index (χ2n) is 48.4. The summed E-state index contributed by atoms with van der Waals surface area (Å²) in [5, 5.41) is 10.4. The highest BCUT2D eigenvalue weighted by Crippen LogP contribution is 2.58. The third kappa shape index (κ3) is 12.4. The fraction of sp³-hybridized carbons (Fsp3) is 0.200. The van der Waals surface area contributed by atoms with Crippen molar-refractivity contribution in [2.45, 2.75) is 176 Å². The lowest BCUT2D eigenvalue weighted by Gasteiger charge is -2.46. The highest BCUT2D eigenvalue weighted by molar-refractivity contribution is 7.28. The van der Waals surface area contributed by atoms with E-state index < -0.39 is 0 Å². The normalized spacial score (nSPS) is 15.8. The van der Waals surface area contributed by atoms with E-state index >= 15 is 0 Å². The van der Waals surface area contributed by atoms with Crippen LogP contribution in [0.15, 0.2) is 332 Å². The van der Waals surface area contributed by atoms with Gasteiger partial charge in [0.15, 0.2) is 0 Å². The number of benzene rings is 17. The molecule has 148 heavy (non-hydrogen) atoms. The van der Waals surface area contributed by atoms with Gasteiger partial charge in [0.2, 0.25) is 0 Å². The first-order valence-corrected chi connectivity index (χ1v) is 55.7. The Morgan fingerprint density at radius 3 is 1.16 bits per heavy atom. The number of hydrogen-bond donors (Lipinski definition) is 0. The minimum absolute atomic E-state index is 0.000213. The Hall–Kier alpha value is -14.6. The number of furan rings is 1. The van der Waals surface area contributed by atoms with Crippen LogP contribution in [0.1, 0.15) is 173 Å². The van der Waals surface area contributed by atoms with Crippen LogP contribution in [0.5, 0.6) is 0 Å². The van der Waals surface area contributed by atoms with Gasteiger partial charge in [0.25, 0.3) is 20.1 Å². The number of para-hydroxylation sites is 5. The largest absolute Gasteiger partial charge is 0.456 e. The lowest BCUT2D eigenvalue weighted by molar-refractivity contribution is 0.332. The standard InChI is InChI=1S/C49H49BN2S.C43H31BN2OS.C43H33BN2S/c1-28-23-39-42-40(24-28)52-43-31(45-44(52)30-13-10-11-16-41(30)53-45)14-12-15-36(43)50(42)37-26-34-35(49(8,9)22-21-48(34,6)7)27-38(37)51(39)29-17-18-32-33(25-29)47(4,5)20-19-46(32,2)3;1-24-21-33-39-34(22-24)46-40-28(42-41(46)27-12-6-8-18-37(27)48-42)13-9-14-30(40)44(39)29-20-19-25(43(2,3)4)23-32(29)45(33)31-15-10-17-36-38(31)26-11-5-7-16-35(26)47-36;1-26-23-36-39-37(24-26)46-40-30(42-41(46)29-15-8-11-20-38(29)47-42)16-12-18-33(40)44(39)32-17-9-10-19-35(32)45(36)34-22-21-28(43(2,3)4)25-31(34)27-13-6-5-7-14-27/h10-18,23-27H,19-22H2,1-9H3;5-23H,1-4H3;5-25H,1-4H3. The number of fused-ring (bicyclic) bond motifs is 32. The van der Waals surface area contributed by atoms with E-state index in [9.17, 15) is 0 Å². The Kier molecular flexibility index (Phi) is 18.5. The monoisotopic (exact) mass is 1960 g/mol. The third-order valence-corrected chi connectivity index (χ3v) is 39.0. The average molecular weight is 1960 g/mol. The van der Waals surface area contributed by atoms with Crippen LogP contribution < -0.4 is 63.9 Å². The Bertz CT molecular complexity index is 10000. The van der Waals surface area contributed by atoms with Crippen molar-refractivity contribution < 1.29 is 4.42 Å². The summed E-state index contributed by atoms with van der Waals surface area (Å²) in [7, 11) is 0. The second kappa shape index (κ2) is 30.8. The van der Waals surface area contributed by atoms with E-state index in [-0.39, 0.29) is 52.6 Å². The number of aryl methyl sites for hydroxylation is 3. The average Bonchev–Trinajstić information content (AvgIpc) is 1.45. The van der Waals surface area contributed by atoms with Crippen LogP contribution in [0.4, 0.5) is 51.2 Å². The summed E-state index contributed by atoms with van der Waals surface area (Å²) in [5.41, 5.74) is 53.5. The lowest BCUT2D eigenvalue weighted by atomic mass is 9.33. The summed E-state index contributed by atoms with van der Waals surface area (Å²) in [6.45, 7) is 40.8.